The molecule has 8 nitrogen and oxygen atoms in total. The SMILES string of the molecule is OCC1O[C@@H](Oc2ccc3c(c2)OC2=CCC=CC2=N3)C(O)C(O)[C@@H]1O. The highest BCUT2D eigenvalue weighted by molar-refractivity contribution is 6.10. The lowest BCUT2D eigenvalue weighted by Gasteiger charge is -2.39. The molecule has 1 fully saturated rings. The van der Waals surface area contributed by atoms with Crippen LogP contribution in [0, 0.1) is 0 Å². The van der Waals surface area contributed by atoms with Crippen LogP contribution >= 0.6 is 0 Å². The Morgan fingerprint density at radius 3 is 2.81 bits per heavy atom. The zero-order valence-electron chi connectivity index (χ0n) is 13.7. The third-order valence-corrected chi connectivity index (χ3v) is 4.46. The molecular weight excluding hydrogens is 342 g/mol. The summed E-state index contributed by atoms with van der Waals surface area (Å²) in [7, 11) is 0. The minimum absolute atomic E-state index is 0.332. The molecule has 2 heterocycles. The first kappa shape index (κ1) is 17.2. The highest BCUT2D eigenvalue weighted by atomic mass is 16.7. The molecule has 4 rings (SSSR count). The van der Waals surface area contributed by atoms with Crippen LogP contribution < -0.4 is 9.47 Å². The van der Waals surface area contributed by atoms with Crippen molar-refractivity contribution in [3.8, 4) is 11.5 Å². The molecule has 138 valence electrons. The standard InChI is InChI=1S/C18H19NO7/c20-8-14-15(21)16(22)17(23)18(26-14)24-9-5-6-11-13(7-9)25-12-4-2-1-3-10(12)19-11/h1,3-7,14-18,20-23H,2,8H2/t14?,15-,16?,17?,18-/m1/s1. The normalized spacial score (nSPS) is 32.7. The third kappa shape index (κ3) is 3.02. The molecule has 2 aliphatic heterocycles. The topological polar surface area (TPSA) is 121 Å². The average Bonchev–Trinajstić information content (AvgIpc) is 2.66. The number of aliphatic imine (C=N–C) groups is 1. The van der Waals surface area contributed by atoms with Crippen molar-refractivity contribution in [1.29, 1.82) is 0 Å². The first-order chi connectivity index (χ1) is 12.6. The lowest BCUT2D eigenvalue weighted by molar-refractivity contribution is -0.277. The lowest BCUT2D eigenvalue weighted by atomic mass is 9.99. The van der Waals surface area contributed by atoms with Gasteiger partial charge in [0.2, 0.25) is 6.29 Å². The number of ether oxygens (including phenoxy) is 3. The maximum Gasteiger partial charge on any atom is 0.229 e. The summed E-state index contributed by atoms with van der Waals surface area (Å²) in [6, 6.07) is 4.95. The number of aliphatic hydroxyl groups excluding tert-OH is 4. The third-order valence-electron chi connectivity index (χ3n) is 4.46. The van der Waals surface area contributed by atoms with Gasteiger partial charge in [0, 0.05) is 6.07 Å². The van der Waals surface area contributed by atoms with Crippen LogP contribution in [-0.4, -0.2) is 63.5 Å². The summed E-state index contributed by atoms with van der Waals surface area (Å²) >= 11 is 0. The molecular formula is C18H19NO7. The Labute approximate surface area is 149 Å². The molecule has 1 aliphatic carbocycles. The van der Waals surface area contributed by atoms with Crippen LogP contribution in [0.15, 0.2) is 47.2 Å². The number of allylic oxidation sites excluding steroid dienone is 3. The van der Waals surface area contributed by atoms with E-state index in [1.165, 1.54) is 0 Å². The predicted molar refractivity (Wildman–Crippen MR) is 90.4 cm³/mol. The zero-order valence-corrected chi connectivity index (χ0v) is 13.7. The average molecular weight is 361 g/mol. The van der Waals surface area contributed by atoms with E-state index in [0.29, 0.717) is 22.9 Å². The molecule has 0 saturated carbocycles. The van der Waals surface area contributed by atoms with Crippen molar-refractivity contribution < 1.29 is 34.6 Å². The Bertz CT molecular complexity index is 786. The van der Waals surface area contributed by atoms with Crippen LogP contribution in [-0.2, 0) is 4.74 Å². The highest BCUT2D eigenvalue weighted by Crippen LogP contribution is 2.38. The van der Waals surface area contributed by atoms with E-state index in [1.54, 1.807) is 18.2 Å². The van der Waals surface area contributed by atoms with Gasteiger partial charge in [0.25, 0.3) is 0 Å². The molecule has 3 unspecified atom stereocenters. The largest absolute Gasteiger partial charge is 0.462 e. The molecule has 0 spiro atoms. The highest BCUT2D eigenvalue weighted by Gasteiger charge is 2.44. The van der Waals surface area contributed by atoms with Crippen molar-refractivity contribution in [3.05, 3.63) is 42.2 Å². The van der Waals surface area contributed by atoms with Gasteiger partial charge in [-0.2, -0.15) is 0 Å². The monoisotopic (exact) mass is 361 g/mol. The van der Waals surface area contributed by atoms with Crippen LogP contribution in [0.1, 0.15) is 6.42 Å². The number of benzene rings is 1. The number of hydrogen-bond acceptors (Lipinski definition) is 8. The molecule has 0 radical (unpaired) electrons. The summed E-state index contributed by atoms with van der Waals surface area (Å²) in [5, 5.41) is 39.0. The first-order valence-electron chi connectivity index (χ1n) is 8.31. The molecule has 1 saturated heterocycles. The smallest absolute Gasteiger partial charge is 0.229 e. The van der Waals surface area contributed by atoms with E-state index in [9.17, 15) is 20.4 Å². The number of fused-ring (bicyclic) bond motifs is 2. The van der Waals surface area contributed by atoms with Crippen LogP contribution in [0.4, 0.5) is 5.69 Å². The summed E-state index contributed by atoms with van der Waals surface area (Å²) in [6.07, 6.45) is -0.0872. The van der Waals surface area contributed by atoms with Gasteiger partial charge in [-0.25, -0.2) is 4.99 Å². The minimum Gasteiger partial charge on any atom is -0.462 e. The fraction of sp³-hybridized carbons (Fsp3) is 0.389. The molecule has 1 aromatic rings. The second-order valence-electron chi connectivity index (χ2n) is 6.25. The van der Waals surface area contributed by atoms with E-state index >= 15 is 0 Å². The van der Waals surface area contributed by atoms with Crippen molar-refractivity contribution in [2.24, 2.45) is 4.99 Å². The van der Waals surface area contributed by atoms with E-state index < -0.39 is 37.3 Å². The van der Waals surface area contributed by atoms with E-state index in [2.05, 4.69) is 4.99 Å². The van der Waals surface area contributed by atoms with E-state index in [4.69, 9.17) is 14.2 Å². The Hall–Kier alpha value is -2.23. The van der Waals surface area contributed by atoms with Gasteiger partial charge in [-0.1, -0.05) is 6.08 Å². The Kier molecular flexibility index (Phi) is 4.51. The maximum atomic E-state index is 10.1. The first-order valence-corrected chi connectivity index (χ1v) is 8.31. The van der Waals surface area contributed by atoms with Gasteiger partial charge in [0.1, 0.15) is 47.3 Å². The summed E-state index contributed by atoms with van der Waals surface area (Å²) in [4.78, 5) is 4.51. The molecule has 5 atom stereocenters. The molecule has 8 heteroatoms. The lowest BCUT2D eigenvalue weighted by Crippen LogP contribution is -2.60. The number of nitrogens with zero attached hydrogens (tertiary/aromatic N) is 1. The fourth-order valence-corrected chi connectivity index (χ4v) is 3.02. The summed E-state index contributed by atoms with van der Waals surface area (Å²) in [5.41, 5.74) is 1.40. The molecule has 3 aliphatic rings. The molecule has 1 aromatic carbocycles. The van der Waals surface area contributed by atoms with Gasteiger partial charge in [0.05, 0.1) is 6.61 Å². The van der Waals surface area contributed by atoms with E-state index in [1.807, 2.05) is 18.2 Å². The number of rotatable bonds is 3. The Balaban J connectivity index is 1.55. The molecule has 0 aromatic heterocycles. The quantitative estimate of drug-likeness (QED) is 0.606. The van der Waals surface area contributed by atoms with E-state index in [0.717, 1.165) is 12.1 Å². The second kappa shape index (κ2) is 6.82. The Morgan fingerprint density at radius 2 is 2.00 bits per heavy atom. The molecule has 26 heavy (non-hydrogen) atoms. The fourth-order valence-electron chi connectivity index (χ4n) is 3.02. The zero-order chi connectivity index (χ0) is 18.3. The van der Waals surface area contributed by atoms with Crippen LogP contribution in [0.2, 0.25) is 0 Å². The number of hydrogen-bond donors (Lipinski definition) is 4. The van der Waals surface area contributed by atoms with Crippen LogP contribution in [0.25, 0.3) is 0 Å². The van der Waals surface area contributed by atoms with Gasteiger partial charge < -0.3 is 34.6 Å². The van der Waals surface area contributed by atoms with Crippen LogP contribution in [0.3, 0.4) is 0 Å². The maximum absolute atomic E-state index is 10.1. The number of aliphatic hydroxyl groups is 4. The Morgan fingerprint density at radius 1 is 1.15 bits per heavy atom. The van der Waals surface area contributed by atoms with Crippen molar-refractivity contribution in [2.45, 2.75) is 37.1 Å². The second-order valence-corrected chi connectivity index (χ2v) is 6.25. The van der Waals surface area contributed by atoms with Crippen LogP contribution in [0.5, 0.6) is 11.5 Å². The van der Waals surface area contributed by atoms with Crippen molar-refractivity contribution in [1.82, 2.24) is 0 Å². The predicted octanol–water partition coefficient (Wildman–Crippen LogP) is 0.174. The molecule has 0 bridgehead atoms. The van der Waals surface area contributed by atoms with Crippen molar-refractivity contribution >= 4 is 11.4 Å². The molecule has 4 N–H and O–H groups in total. The summed E-state index contributed by atoms with van der Waals surface area (Å²) < 4.78 is 16.8. The summed E-state index contributed by atoms with van der Waals surface area (Å²) in [5.74, 6) is 1.50. The van der Waals surface area contributed by atoms with Gasteiger partial charge in [-0.15, -0.1) is 0 Å². The van der Waals surface area contributed by atoms with Gasteiger partial charge in [-0.05, 0) is 30.7 Å². The van der Waals surface area contributed by atoms with Gasteiger partial charge >= 0.3 is 0 Å². The molecule has 0 amide bonds. The van der Waals surface area contributed by atoms with Gasteiger partial charge in [-0.3, -0.25) is 0 Å². The van der Waals surface area contributed by atoms with Crippen molar-refractivity contribution in [2.75, 3.05) is 6.61 Å². The van der Waals surface area contributed by atoms with Gasteiger partial charge in [0.15, 0.2) is 5.75 Å². The van der Waals surface area contributed by atoms with E-state index in [-0.39, 0.29) is 0 Å². The minimum atomic E-state index is -1.49. The van der Waals surface area contributed by atoms with Crippen molar-refractivity contribution in [3.63, 3.8) is 0 Å². The summed E-state index contributed by atoms with van der Waals surface area (Å²) in [6.45, 7) is -0.517.